The first kappa shape index (κ1) is 14.0. The van der Waals surface area contributed by atoms with Gasteiger partial charge in [0.15, 0.2) is 0 Å². The molecule has 0 aromatic carbocycles. The summed E-state index contributed by atoms with van der Waals surface area (Å²) in [6, 6.07) is 0. The van der Waals surface area contributed by atoms with Gasteiger partial charge in [-0.05, 0) is 13.3 Å². The van der Waals surface area contributed by atoms with Gasteiger partial charge in [-0.2, -0.15) is 0 Å². The highest BCUT2D eigenvalue weighted by molar-refractivity contribution is 5.78. The largest absolute Gasteiger partial charge is 0.466 e. The molecule has 1 saturated heterocycles. The molecule has 17 heavy (non-hydrogen) atoms. The molecule has 1 heterocycles. The van der Waals surface area contributed by atoms with E-state index in [1.54, 1.807) is 11.8 Å². The number of rotatable bonds is 4. The van der Waals surface area contributed by atoms with E-state index in [4.69, 9.17) is 4.74 Å². The Morgan fingerprint density at radius 1 is 1.47 bits per heavy atom. The third-order valence-corrected chi connectivity index (χ3v) is 2.97. The Labute approximate surface area is 103 Å². The molecule has 0 aliphatic carbocycles. The number of amides is 1. The van der Waals surface area contributed by atoms with Crippen LogP contribution in [0.2, 0.25) is 0 Å². The van der Waals surface area contributed by atoms with E-state index in [-0.39, 0.29) is 17.8 Å². The predicted octanol–water partition coefficient (Wildman–Crippen LogP) is 0.350. The average Bonchev–Trinajstić information content (AvgIpc) is 2.42. The zero-order valence-corrected chi connectivity index (χ0v) is 10.9. The number of likely N-dealkylation sites (N-methyl/N-ethyl adjacent to an activating group) is 1. The number of hydrogen-bond acceptors (Lipinski definition) is 4. The average molecular weight is 242 g/mol. The molecule has 0 bridgehead atoms. The van der Waals surface area contributed by atoms with E-state index in [0.29, 0.717) is 19.7 Å². The Morgan fingerprint density at radius 2 is 2.18 bits per heavy atom. The second kappa shape index (κ2) is 6.59. The van der Waals surface area contributed by atoms with Crippen LogP contribution in [0.15, 0.2) is 0 Å². The number of esters is 1. The molecule has 5 heteroatoms. The second-order valence-corrected chi connectivity index (χ2v) is 4.56. The fourth-order valence-electron chi connectivity index (χ4n) is 1.95. The number of nitrogens with zero attached hydrogens (tertiary/aromatic N) is 2. The zero-order valence-electron chi connectivity index (χ0n) is 10.9. The first-order valence-electron chi connectivity index (χ1n) is 6.17. The Balaban J connectivity index is 2.45. The summed E-state index contributed by atoms with van der Waals surface area (Å²) in [6.45, 7) is 6.71. The third kappa shape index (κ3) is 4.34. The van der Waals surface area contributed by atoms with Crippen molar-refractivity contribution in [1.29, 1.82) is 0 Å². The molecule has 1 unspecified atom stereocenters. The van der Waals surface area contributed by atoms with Crippen LogP contribution in [0, 0.1) is 5.92 Å². The predicted molar refractivity (Wildman–Crippen MR) is 64.5 cm³/mol. The lowest BCUT2D eigenvalue weighted by molar-refractivity contribution is -0.148. The van der Waals surface area contributed by atoms with Crippen LogP contribution >= 0.6 is 0 Å². The van der Waals surface area contributed by atoms with Gasteiger partial charge in [0.25, 0.3) is 0 Å². The molecular formula is C12H22N2O3. The van der Waals surface area contributed by atoms with E-state index in [2.05, 4.69) is 0 Å². The van der Waals surface area contributed by atoms with Gasteiger partial charge in [-0.1, -0.05) is 6.92 Å². The molecule has 0 aromatic rings. The molecule has 1 fully saturated rings. The maximum absolute atomic E-state index is 11.7. The molecule has 0 radical (unpaired) electrons. The van der Waals surface area contributed by atoms with Crippen molar-refractivity contribution in [1.82, 2.24) is 9.80 Å². The Bertz CT molecular complexity index is 281. The molecule has 0 saturated carbocycles. The summed E-state index contributed by atoms with van der Waals surface area (Å²) in [5, 5.41) is 0. The Kier molecular flexibility index (Phi) is 5.41. The molecule has 1 aliphatic heterocycles. The van der Waals surface area contributed by atoms with Crippen LogP contribution in [-0.2, 0) is 14.3 Å². The summed E-state index contributed by atoms with van der Waals surface area (Å²) < 4.78 is 4.96. The van der Waals surface area contributed by atoms with Crippen LogP contribution in [0.25, 0.3) is 0 Å². The van der Waals surface area contributed by atoms with Crippen molar-refractivity contribution in [2.75, 3.05) is 39.8 Å². The van der Waals surface area contributed by atoms with Gasteiger partial charge >= 0.3 is 5.97 Å². The molecule has 1 amide bonds. The molecule has 1 atom stereocenters. The molecule has 0 N–H and O–H groups in total. The SMILES string of the molecule is CCOC(=O)C(C)CN1CCCN(C)C(=O)C1. The number of carbonyl (C=O) groups is 2. The maximum Gasteiger partial charge on any atom is 0.309 e. The Hall–Kier alpha value is -1.10. The van der Waals surface area contributed by atoms with Crippen LogP contribution in [-0.4, -0.2) is 61.5 Å². The fourth-order valence-corrected chi connectivity index (χ4v) is 1.95. The third-order valence-electron chi connectivity index (χ3n) is 2.97. The lowest BCUT2D eigenvalue weighted by atomic mass is 10.1. The summed E-state index contributed by atoms with van der Waals surface area (Å²) in [5.74, 6) is -0.234. The molecule has 1 aliphatic rings. The molecule has 0 aromatic heterocycles. The lowest BCUT2D eigenvalue weighted by Crippen LogP contribution is -2.38. The second-order valence-electron chi connectivity index (χ2n) is 4.56. The van der Waals surface area contributed by atoms with E-state index in [1.807, 2.05) is 18.9 Å². The van der Waals surface area contributed by atoms with E-state index in [0.717, 1.165) is 19.5 Å². The highest BCUT2D eigenvalue weighted by Crippen LogP contribution is 2.07. The Morgan fingerprint density at radius 3 is 2.82 bits per heavy atom. The van der Waals surface area contributed by atoms with Gasteiger partial charge in [0, 0.05) is 26.7 Å². The van der Waals surface area contributed by atoms with E-state index >= 15 is 0 Å². The van der Waals surface area contributed by atoms with Crippen molar-refractivity contribution < 1.29 is 14.3 Å². The molecular weight excluding hydrogens is 220 g/mol. The first-order chi connectivity index (χ1) is 8.04. The standard InChI is InChI=1S/C12H22N2O3/c1-4-17-12(16)10(2)8-14-7-5-6-13(3)11(15)9-14/h10H,4-9H2,1-3H3. The first-order valence-corrected chi connectivity index (χ1v) is 6.17. The highest BCUT2D eigenvalue weighted by atomic mass is 16.5. The van der Waals surface area contributed by atoms with Crippen molar-refractivity contribution in [2.24, 2.45) is 5.92 Å². The minimum Gasteiger partial charge on any atom is -0.466 e. The van der Waals surface area contributed by atoms with Crippen LogP contribution in [0.4, 0.5) is 0 Å². The quantitative estimate of drug-likeness (QED) is 0.667. The van der Waals surface area contributed by atoms with E-state index in [9.17, 15) is 9.59 Å². The van der Waals surface area contributed by atoms with Crippen LogP contribution in [0.1, 0.15) is 20.3 Å². The maximum atomic E-state index is 11.7. The lowest BCUT2D eigenvalue weighted by Gasteiger charge is -2.22. The fraction of sp³-hybridized carbons (Fsp3) is 0.833. The summed E-state index contributed by atoms with van der Waals surface area (Å²) >= 11 is 0. The summed E-state index contributed by atoms with van der Waals surface area (Å²) in [4.78, 5) is 27.0. The van der Waals surface area contributed by atoms with Crippen molar-refractivity contribution in [3.05, 3.63) is 0 Å². The molecule has 5 nitrogen and oxygen atoms in total. The van der Waals surface area contributed by atoms with Gasteiger partial charge in [-0.25, -0.2) is 0 Å². The number of ether oxygens (including phenoxy) is 1. The van der Waals surface area contributed by atoms with Gasteiger partial charge in [-0.15, -0.1) is 0 Å². The van der Waals surface area contributed by atoms with Crippen molar-refractivity contribution >= 4 is 11.9 Å². The smallest absolute Gasteiger partial charge is 0.309 e. The highest BCUT2D eigenvalue weighted by Gasteiger charge is 2.23. The van der Waals surface area contributed by atoms with Gasteiger partial charge < -0.3 is 9.64 Å². The van der Waals surface area contributed by atoms with Crippen molar-refractivity contribution in [3.8, 4) is 0 Å². The van der Waals surface area contributed by atoms with Crippen LogP contribution in [0.5, 0.6) is 0 Å². The molecule has 0 spiro atoms. The normalized spacial score (nSPS) is 19.9. The minimum atomic E-state index is -0.183. The molecule has 98 valence electrons. The minimum absolute atomic E-state index is 0.124. The molecule has 1 rings (SSSR count). The topological polar surface area (TPSA) is 49.9 Å². The monoisotopic (exact) mass is 242 g/mol. The van der Waals surface area contributed by atoms with E-state index < -0.39 is 0 Å². The zero-order chi connectivity index (χ0) is 12.8. The van der Waals surface area contributed by atoms with Gasteiger partial charge in [0.05, 0.1) is 19.1 Å². The van der Waals surface area contributed by atoms with Crippen molar-refractivity contribution in [2.45, 2.75) is 20.3 Å². The van der Waals surface area contributed by atoms with Gasteiger partial charge in [0.1, 0.15) is 0 Å². The van der Waals surface area contributed by atoms with Gasteiger partial charge in [-0.3, -0.25) is 14.5 Å². The van der Waals surface area contributed by atoms with Gasteiger partial charge in [0.2, 0.25) is 5.91 Å². The van der Waals surface area contributed by atoms with E-state index in [1.165, 1.54) is 0 Å². The summed E-state index contributed by atoms with van der Waals surface area (Å²) in [7, 11) is 1.82. The van der Waals surface area contributed by atoms with Crippen LogP contribution in [0.3, 0.4) is 0 Å². The summed E-state index contributed by atoms with van der Waals surface area (Å²) in [5.41, 5.74) is 0. The van der Waals surface area contributed by atoms with Crippen molar-refractivity contribution in [3.63, 3.8) is 0 Å². The van der Waals surface area contributed by atoms with Crippen LogP contribution < -0.4 is 0 Å². The number of carbonyl (C=O) groups excluding carboxylic acids is 2. The number of hydrogen-bond donors (Lipinski definition) is 0. The summed E-state index contributed by atoms with van der Waals surface area (Å²) in [6.07, 6.45) is 0.956.